The van der Waals surface area contributed by atoms with Gasteiger partial charge in [0.25, 0.3) is 0 Å². The Morgan fingerprint density at radius 2 is 1.74 bits per heavy atom. The van der Waals surface area contributed by atoms with Crippen molar-refractivity contribution in [3.8, 4) is 0 Å². The van der Waals surface area contributed by atoms with Gasteiger partial charge in [-0.05, 0) is 37.7 Å². The molecule has 0 spiro atoms. The number of rotatable bonds is 6. The minimum Gasteiger partial charge on any atom is -0.315 e. The topological polar surface area (TPSA) is 18.5 Å². The second kappa shape index (κ2) is 7.58. The van der Waals surface area contributed by atoms with Gasteiger partial charge >= 0.3 is 0 Å². The van der Waals surface area contributed by atoms with Crippen LogP contribution >= 0.6 is 0 Å². The lowest BCUT2D eigenvalue weighted by Crippen LogP contribution is -2.46. The second-order valence-electron chi connectivity index (χ2n) is 5.27. The first-order chi connectivity index (χ1) is 9.24. The standard InChI is InChI=1S/C15H24FN3/c1-18-10-12-19(13-11-18)9-8-17-7-6-14-2-4-15(16)5-3-14/h2-5,17H,6-13H2,1H3. The highest BCUT2D eigenvalue weighted by Gasteiger charge is 2.12. The Morgan fingerprint density at radius 3 is 2.42 bits per heavy atom. The molecule has 0 bridgehead atoms. The highest BCUT2D eigenvalue weighted by molar-refractivity contribution is 5.16. The molecule has 0 radical (unpaired) electrons. The summed E-state index contributed by atoms with van der Waals surface area (Å²) in [6, 6.07) is 6.77. The van der Waals surface area contributed by atoms with Gasteiger partial charge in [0.05, 0.1) is 0 Å². The van der Waals surface area contributed by atoms with E-state index < -0.39 is 0 Å². The van der Waals surface area contributed by atoms with Crippen LogP contribution in [0.2, 0.25) is 0 Å². The summed E-state index contributed by atoms with van der Waals surface area (Å²) < 4.78 is 12.7. The first-order valence-electron chi connectivity index (χ1n) is 7.10. The molecule has 1 aromatic carbocycles. The summed E-state index contributed by atoms with van der Waals surface area (Å²) in [6.07, 6.45) is 0.961. The van der Waals surface area contributed by atoms with E-state index >= 15 is 0 Å². The third-order valence-corrected chi connectivity index (χ3v) is 3.70. The molecule has 0 aliphatic carbocycles. The van der Waals surface area contributed by atoms with Crippen LogP contribution in [0.5, 0.6) is 0 Å². The van der Waals surface area contributed by atoms with E-state index in [1.807, 2.05) is 12.1 Å². The molecule has 0 amide bonds. The van der Waals surface area contributed by atoms with Gasteiger partial charge in [-0.2, -0.15) is 0 Å². The Morgan fingerprint density at radius 1 is 1.05 bits per heavy atom. The van der Waals surface area contributed by atoms with Crippen molar-refractivity contribution < 1.29 is 4.39 Å². The van der Waals surface area contributed by atoms with E-state index in [4.69, 9.17) is 0 Å². The summed E-state index contributed by atoms with van der Waals surface area (Å²) in [4.78, 5) is 4.88. The molecule has 2 rings (SSSR count). The average molecular weight is 265 g/mol. The predicted octanol–water partition coefficient (Wildman–Crippen LogP) is 1.21. The first kappa shape index (κ1) is 14.4. The SMILES string of the molecule is CN1CCN(CCNCCc2ccc(F)cc2)CC1. The lowest BCUT2D eigenvalue weighted by atomic mass is 10.1. The minimum absolute atomic E-state index is 0.160. The fourth-order valence-corrected chi connectivity index (χ4v) is 2.32. The van der Waals surface area contributed by atoms with Crippen molar-refractivity contribution >= 4 is 0 Å². The van der Waals surface area contributed by atoms with Crippen LogP contribution in [0, 0.1) is 5.82 Å². The average Bonchev–Trinajstić information content (AvgIpc) is 2.43. The zero-order chi connectivity index (χ0) is 13.5. The van der Waals surface area contributed by atoms with Crippen LogP contribution in [-0.2, 0) is 6.42 Å². The van der Waals surface area contributed by atoms with Crippen molar-refractivity contribution in [1.29, 1.82) is 0 Å². The molecule has 1 heterocycles. The summed E-state index contributed by atoms with van der Waals surface area (Å²) in [6.45, 7) is 7.82. The molecule has 3 nitrogen and oxygen atoms in total. The Hall–Kier alpha value is -0.970. The summed E-state index contributed by atoms with van der Waals surface area (Å²) in [5.74, 6) is -0.160. The quantitative estimate of drug-likeness (QED) is 0.780. The van der Waals surface area contributed by atoms with E-state index in [2.05, 4.69) is 22.2 Å². The van der Waals surface area contributed by atoms with Gasteiger partial charge in [0, 0.05) is 39.3 Å². The van der Waals surface area contributed by atoms with E-state index in [0.29, 0.717) is 0 Å². The summed E-state index contributed by atoms with van der Waals surface area (Å²) in [5, 5.41) is 3.46. The number of piperazine rings is 1. The molecule has 1 saturated heterocycles. The summed E-state index contributed by atoms with van der Waals surface area (Å²) >= 11 is 0. The van der Waals surface area contributed by atoms with Crippen molar-refractivity contribution in [2.45, 2.75) is 6.42 Å². The molecule has 19 heavy (non-hydrogen) atoms. The smallest absolute Gasteiger partial charge is 0.123 e. The third-order valence-electron chi connectivity index (χ3n) is 3.70. The fraction of sp³-hybridized carbons (Fsp3) is 0.600. The van der Waals surface area contributed by atoms with Gasteiger partial charge in [-0.15, -0.1) is 0 Å². The van der Waals surface area contributed by atoms with Crippen LogP contribution in [0.15, 0.2) is 24.3 Å². The maximum Gasteiger partial charge on any atom is 0.123 e. The molecule has 0 unspecified atom stereocenters. The minimum atomic E-state index is -0.160. The molecule has 0 aromatic heterocycles. The van der Waals surface area contributed by atoms with Gasteiger partial charge in [0.15, 0.2) is 0 Å². The molecular formula is C15H24FN3. The molecule has 1 aliphatic rings. The summed E-state index contributed by atoms with van der Waals surface area (Å²) in [7, 11) is 2.18. The normalized spacial score (nSPS) is 17.8. The first-order valence-corrected chi connectivity index (χ1v) is 7.10. The zero-order valence-corrected chi connectivity index (χ0v) is 11.7. The third kappa shape index (κ3) is 5.27. The van der Waals surface area contributed by atoms with E-state index in [0.717, 1.165) is 26.1 Å². The van der Waals surface area contributed by atoms with Crippen molar-refractivity contribution in [3.05, 3.63) is 35.6 Å². The Labute approximate surface area is 115 Å². The van der Waals surface area contributed by atoms with E-state index in [9.17, 15) is 4.39 Å². The van der Waals surface area contributed by atoms with Crippen LogP contribution in [-0.4, -0.2) is 62.7 Å². The van der Waals surface area contributed by atoms with Crippen molar-refractivity contribution in [2.75, 3.05) is 52.9 Å². The second-order valence-corrected chi connectivity index (χ2v) is 5.27. The number of benzene rings is 1. The number of hydrogen-bond donors (Lipinski definition) is 1. The van der Waals surface area contributed by atoms with E-state index in [1.165, 1.54) is 43.9 Å². The number of nitrogens with zero attached hydrogens (tertiary/aromatic N) is 2. The Balaban J connectivity index is 1.53. The van der Waals surface area contributed by atoms with Crippen LogP contribution in [0.3, 0.4) is 0 Å². The molecule has 1 N–H and O–H groups in total. The Bertz CT molecular complexity index is 358. The highest BCUT2D eigenvalue weighted by atomic mass is 19.1. The molecule has 1 aliphatic heterocycles. The molecule has 0 saturated carbocycles. The lowest BCUT2D eigenvalue weighted by molar-refractivity contribution is 0.155. The summed E-state index contributed by atoms with van der Waals surface area (Å²) in [5.41, 5.74) is 1.19. The fourth-order valence-electron chi connectivity index (χ4n) is 2.32. The molecule has 1 fully saturated rings. The predicted molar refractivity (Wildman–Crippen MR) is 76.9 cm³/mol. The van der Waals surface area contributed by atoms with E-state index in [1.54, 1.807) is 0 Å². The molecule has 1 aromatic rings. The van der Waals surface area contributed by atoms with E-state index in [-0.39, 0.29) is 5.82 Å². The van der Waals surface area contributed by atoms with Crippen LogP contribution < -0.4 is 5.32 Å². The maximum absolute atomic E-state index is 12.7. The molecular weight excluding hydrogens is 241 g/mol. The van der Waals surface area contributed by atoms with Crippen molar-refractivity contribution in [3.63, 3.8) is 0 Å². The van der Waals surface area contributed by atoms with Crippen molar-refractivity contribution in [2.24, 2.45) is 0 Å². The van der Waals surface area contributed by atoms with Gasteiger partial charge in [-0.1, -0.05) is 12.1 Å². The van der Waals surface area contributed by atoms with Crippen LogP contribution in [0.1, 0.15) is 5.56 Å². The van der Waals surface area contributed by atoms with Gasteiger partial charge in [0.2, 0.25) is 0 Å². The molecule has 4 heteroatoms. The monoisotopic (exact) mass is 265 g/mol. The van der Waals surface area contributed by atoms with Gasteiger partial charge in [0.1, 0.15) is 5.82 Å². The zero-order valence-electron chi connectivity index (χ0n) is 11.7. The number of hydrogen-bond acceptors (Lipinski definition) is 3. The van der Waals surface area contributed by atoms with Crippen molar-refractivity contribution in [1.82, 2.24) is 15.1 Å². The van der Waals surface area contributed by atoms with Crippen LogP contribution in [0.25, 0.3) is 0 Å². The molecule has 0 atom stereocenters. The van der Waals surface area contributed by atoms with Gasteiger partial charge < -0.3 is 10.2 Å². The lowest BCUT2D eigenvalue weighted by Gasteiger charge is -2.32. The van der Waals surface area contributed by atoms with Crippen LogP contribution in [0.4, 0.5) is 4.39 Å². The maximum atomic E-state index is 12.7. The number of nitrogens with one attached hydrogen (secondary N) is 1. The Kier molecular flexibility index (Phi) is 5.76. The van der Waals surface area contributed by atoms with Gasteiger partial charge in [-0.3, -0.25) is 4.90 Å². The number of likely N-dealkylation sites (N-methyl/N-ethyl adjacent to an activating group) is 1. The molecule has 106 valence electrons. The highest BCUT2D eigenvalue weighted by Crippen LogP contribution is 2.02. The largest absolute Gasteiger partial charge is 0.315 e. The number of halogens is 1. The van der Waals surface area contributed by atoms with Gasteiger partial charge in [-0.25, -0.2) is 4.39 Å².